The van der Waals surface area contributed by atoms with Crippen LogP contribution in [0.5, 0.6) is 0 Å². The van der Waals surface area contributed by atoms with Crippen molar-refractivity contribution < 1.29 is 34.2 Å². The number of nitrogens with one attached hydrogen (secondary N) is 4. The maximum atomic E-state index is 13.2. The molecule has 0 aromatic heterocycles. The number of aliphatic hydroxyl groups is 1. The van der Waals surface area contributed by atoms with Crippen LogP contribution in [0.4, 0.5) is 4.79 Å². The van der Waals surface area contributed by atoms with Crippen molar-refractivity contribution in [3.63, 3.8) is 0 Å². The Morgan fingerprint density at radius 2 is 1.73 bits per heavy atom. The molecule has 1 aromatic carbocycles. The van der Waals surface area contributed by atoms with Crippen molar-refractivity contribution in [2.24, 2.45) is 5.92 Å². The lowest BCUT2D eigenvalue weighted by atomic mass is 9.83. The summed E-state index contributed by atoms with van der Waals surface area (Å²) in [5.74, 6) is -3.47. The van der Waals surface area contributed by atoms with Crippen LogP contribution in [0.3, 0.4) is 0 Å². The maximum absolute atomic E-state index is 13.2. The van der Waals surface area contributed by atoms with Crippen molar-refractivity contribution in [1.29, 1.82) is 0 Å². The topological polar surface area (TPSA) is 169 Å². The predicted molar refractivity (Wildman–Crippen MR) is 134 cm³/mol. The van der Waals surface area contributed by atoms with Gasteiger partial charge in [-0.05, 0) is 44.6 Å². The maximum Gasteiger partial charge on any atom is 0.317 e. The number of likely N-dealkylation sites (N-methyl/N-ethyl adjacent to an activating group) is 1. The Balaban J connectivity index is 1.99. The molecular formula is C25H39N5O7. The number of nitrogens with zero attached hydrogens (tertiary/aromatic N) is 1. The highest BCUT2D eigenvalue weighted by Gasteiger charge is 2.44. The standard InChI is InChI=1S/C25H39N5O7/c1-25(35,23(33)29-36)19(11-6-10-18-8-4-3-5-9-18)21(31)28-20(22(32)26-2)12-7-13-27-24(34)30-14-16-37-17-15-30/h3-5,8-9,19-20,35-36H,6-7,10-17H2,1-2H3,(H,26,32)(H,27,34)(H,28,31)(H,29,33)/t19-,20-,25+/m0/s1. The molecule has 0 saturated carbocycles. The number of carbonyl (C=O) groups is 4. The normalized spacial score (nSPS) is 16.6. The van der Waals surface area contributed by atoms with E-state index in [1.165, 1.54) is 12.5 Å². The van der Waals surface area contributed by atoms with Crippen molar-refractivity contribution in [3.05, 3.63) is 35.9 Å². The first-order chi connectivity index (χ1) is 17.7. The molecule has 0 aliphatic carbocycles. The highest BCUT2D eigenvalue weighted by molar-refractivity contribution is 5.94. The van der Waals surface area contributed by atoms with Crippen molar-refractivity contribution >= 4 is 23.8 Å². The van der Waals surface area contributed by atoms with Gasteiger partial charge in [0, 0.05) is 26.7 Å². The van der Waals surface area contributed by atoms with Crippen LogP contribution in [0.2, 0.25) is 0 Å². The third-order valence-corrected chi connectivity index (χ3v) is 6.48. The molecule has 12 nitrogen and oxygen atoms in total. The molecule has 3 atom stereocenters. The van der Waals surface area contributed by atoms with Gasteiger partial charge < -0.3 is 30.7 Å². The third-order valence-electron chi connectivity index (χ3n) is 6.48. The van der Waals surface area contributed by atoms with E-state index >= 15 is 0 Å². The van der Waals surface area contributed by atoms with Gasteiger partial charge >= 0.3 is 6.03 Å². The fourth-order valence-electron chi connectivity index (χ4n) is 4.19. The Morgan fingerprint density at radius 3 is 2.35 bits per heavy atom. The van der Waals surface area contributed by atoms with Crippen LogP contribution >= 0.6 is 0 Å². The fraction of sp³-hybridized carbons (Fsp3) is 0.600. The van der Waals surface area contributed by atoms with E-state index in [1.807, 2.05) is 30.3 Å². The van der Waals surface area contributed by atoms with Crippen LogP contribution in [0, 0.1) is 5.92 Å². The lowest BCUT2D eigenvalue weighted by molar-refractivity contribution is -0.159. The summed E-state index contributed by atoms with van der Waals surface area (Å²) in [6, 6.07) is 8.40. The number of morpholine rings is 1. The van der Waals surface area contributed by atoms with E-state index in [0.29, 0.717) is 52.1 Å². The Labute approximate surface area is 217 Å². The second kappa shape index (κ2) is 15.1. The average molecular weight is 522 g/mol. The van der Waals surface area contributed by atoms with Gasteiger partial charge in [0.1, 0.15) is 6.04 Å². The number of hydrogen-bond donors (Lipinski definition) is 6. The van der Waals surface area contributed by atoms with E-state index in [1.54, 1.807) is 4.90 Å². The molecule has 5 amide bonds. The van der Waals surface area contributed by atoms with E-state index in [4.69, 9.17) is 9.94 Å². The van der Waals surface area contributed by atoms with E-state index in [2.05, 4.69) is 16.0 Å². The van der Waals surface area contributed by atoms with Gasteiger partial charge in [0.2, 0.25) is 11.8 Å². The van der Waals surface area contributed by atoms with Crippen LogP contribution in [-0.2, 0) is 25.5 Å². The molecule has 206 valence electrons. The van der Waals surface area contributed by atoms with Crippen LogP contribution < -0.4 is 21.4 Å². The molecule has 1 aromatic rings. The van der Waals surface area contributed by atoms with Crippen LogP contribution in [0.15, 0.2) is 30.3 Å². The number of benzene rings is 1. The molecule has 1 saturated heterocycles. The lowest BCUT2D eigenvalue weighted by Gasteiger charge is -2.31. The van der Waals surface area contributed by atoms with E-state index in [0.717, 1.165) is 12.5 Å². The Bertz CT molecular complexity index is 891. The minimum Gasteiger partial charge on any atom is -0.379 e. The van der Waals surface area contributed by atoms with Gasteiger partial charge in [-0.3, -0.25) is 19.6 Å². The van der Waals surface area contributed by atoms with Gasteiger partial charge in [-0.2, -0.15) is 0 Å². The molecule has 1 fully saturated rings. The largest absolute Gasteiger partial charge is 0.379 e. The monoisotopic (exact) mass is 521 g/mol. The van der Waals surface area contributed by atoms with Crippen LogP contribution in [-0.4, -0.2) is 90.5 Å². The number of hydroxylamine groups is 1. The fourth-order valence-corrected chi connectivity index (χ4v) is 4.19. The second-order valence-electron chi connectivity index (χ2n) is 9.17. The van der Waals surface area contributed by atoms with E-state index in [-0.39, 0.29) is 18.9 Å². The molecule has 12 heteroatoms. The van der Waals surface area contributed by atoms with Gasteiger partial charge in [-0.25, -0.2) is 10.3 Å². The zero-order chi connectivity index (χ0) is 27.3. The zero-order valence-corrected chi connectivity index (χ0v) is 21.5. The van der Waals surface area contributed by atoms with Gasteiger partial charge in [0.15, 0.2) is 5.60 Å². The minimum absolute atomic E-state index is 0.136. The zero-order valence-electron chi connectivity index (χ0n) is 21.5. The van der Waals surface area contributed by atoms with Crippen molar-refractivity contribution in [3.8, 4) is 0 Å². The molecule has 6 N–H and O–H groups in total. The van der Waals surface area contributed by atoms with Gasteiger partial charge in [0.25, 0.3) is 5.91 Å². The summed E-state index contributed by atoms with van der Waals surface area (Å²) >= 11 is 0. The molecule has 1 heterocycles. The number of ether oxygens (including phenoxy) is 1. The van der Waals surface area contributed by atoms with Gasteiger partial charge in [-0.15, -0.1) is 0 Å². The Hall–Kier alpha value is -3.22. The molecule has 1 aliphatic rings. The van der Waals surface area contributed by atoms with Gasteiger partial charge in [0.05, 0.1) is 19.1 Å². The number of aryl methyl sites for hydroxylation is 1. The summed E-state index contributed by atoms with van der Waals surface area (Å²) in [5.41, 5.74) is 0.239. The average Bonchev–Trinajstić information content (AvgIpc) is 2.92. The molecule has 1 aliphatic heterocycles. The van der Waals surface area contributed by atoms with Gasteiger partial charge in [-0.1, -0.05) is 30.3 Å². The molecule has 0 bridgehead atoms. The first-order valence-corrected chi connectivity index (χ1v) is 12.5. The van der Waals surface area contributed by atoms with Crippen molar-refractivity contribution in [1.82, 2.24) is 26.3 Å². The molecule has 0 spiro atoms. The first-order valence-electron chi connectivity index (χ1n) is 12.5. The number of hydrogen-bond acceptors (Lipinski definition) is 7. The summed E-state index contributed by atoms with van der Waals surface area (Å²) in [7, 11) is 1.44. The third kappa shape index (κ3) is 9.30. The Kier molecular flexibility index (Phi) is 12.3. The summed E-state index contributed by atoms with van der Waals surface area (Å²) in [5, 5.41) is 27.9. The molecule has 0 radical (unpaired) electrons. The van der Waals surface area contributed by atoms with Crippen molar-refractivity contribution in [2.45, 2.75) is 50.7 Å². The molecule has 0 unspecified atom stereocenters. The highest BCUT2D eigenvalue weighted by atomic mass is 16.5. The van der Waals surface area contributed by atoms with Crippen LogP contribution in [0.25, 0.3) is 0 Å². The quantitative estimate of drug-likeness (QED) is 0.120. The number of urea groups is 1. The predicted octanol–water partition coefficient (Wildman–Crippen LogP) is -0.0653. The SMILES string of the molecule is CNC(=O)[C@H](CCCNC(=O)N1CCOCC1)NC(=O)[C@H](CCCc1ccccc1)[C@@](C)(O)C(=O)NO. The summed E-state index contributed by atoms with van der Waals surface area (Å²) in [6.45, 7) is 3.45. The Morgan fingerprint density at radius 1 is 1.05 bits per heavy atom. The summed E-state index contributed by atoms with van der Waals surface area (Å²) in [4.78, 5) is 51.7. The summed E-state index contributed by atoms with van der Waals surface area (Å²) in [6.07, 6.45) is 1.86. The number of carbonyl (C=O) groups excluding carboxylic acids is 4. The summed E-state index contributed by atoms with van der Waals surface area (Å²) < 4.78 is 5.23. The lowest BCUT2D eigenvalue weighted by Crippen LogP contribution is -2.57. The number of rotatable bonds is 13. The molecule has 37 heavy (non-hydrogen) atoms. The van der Waals surface area contributed by atoms with Crippen LogP contribution in [0.1, 0.15) is 38.2 Å². The van der Waals surface area contributed by atoms with E-state index < -0.39 is 35.3 Å². The smallest absolute Gasteiger partial charge is 0.317 e. The second-order valence-corrected chi connectivity index (χ2v) is 9.17. The molecular weight excluding hydrogens is 482 g/mol. The van der Waals surface area contributed by atoms with E-state index in [9.17, 15) is 24.3 Å². The first kappa shape index (κ1) is 30.0. The number of amides is 5. The van der Waals surface area contributed by atoms with Crippen molar-refractivity contribution in [2.75, 3.05) is 39.9 Å². The highest BCUT2D eigenvalue weighted by Crippen LogP contribution is 2.24. The molecule has 2 rings (SSSR count). The minimum atomic E-state index is -2.21.